The van der Waals surface area contributed by atoms with Crippen molar-refractivity contribution < 1.29 is 18.7 Å². The Morgan fingerprint density at radius 3 is 2.49 bits per heavy atom. The maximum absolute atomic E-state index is 13.5. The molecule has 5 rings (SSSR count). The molecule has 0 aliphatic heterocycles. The molecule has 2 aromatic heterocycles. The van der Waals surface area contributed by atoms with Crippen LogP contribution in [0, 0.1) is 0 Å². The molecule has 6 heteroatoms. The van der Waals surface area contributed by atoms with Crippen molar-refractivity contribution in [2.75, 3.05) is 6.61 Å². The second kappa shape index (κ2) is 10.1. The summed E-state index contributed by atoms with van der Waals surface area (Å²) in [6, 6.07) is 21.1. The predicted octanol–water partition coefficient (Wildman–Crippen LogP) is 6.30. The number of allylic oxidation sites excluding steroid dienone is 1. The number of esters is 1. The molecule has 0 saturated carbocycles. The third-order valence-corrected chi connectivity index (χ3v) is 6.63. The lowest BCUT2D eigenvalue weighted by atomic mass is 10.0. The van der Waals surface area contributed by atoms with E-state index < -0.39 is 11.5 Å². The number of para-hydroxylation sites is 1. The average molecular weight is 495 g/mol. The fourth-order valence-corrected chi connectivity index (χ4v) is 4.80. The Hall–Kier alpha value is -4.19. The van der Waals surface area contributed by atoms with Gasteiger partial charge in [-0.15, -0.1) is 0 Å². The highest BCUT2D eigenvalue weighted by Gasteiger charge is 2.30. The van der Waals surface area contributed by atoms with Gasteiger partial charge in [0.15, 0.2) is 6.61 Å². The van der Waals surface area contributed by atoms with Gasteiger partial charge >= 0.3 is 5.97 Å². The number of carbonyl (C=O) groups excluding carboxylic acids is 2. The van der Waals surface area contributed by atoms with Crippen molar-refractivity contribution >= 4 is 34.4 Å². The van der Waals surface area contributed by atoms with Crippen LogP contribution in [0.25, 0.3) is 22.6 Å². The average Bonchev–Trinajstić information content (AvgIpc) is 3.54. The van der Waals surface area contributed by atoms with Gasteiger partial charge in [0.1, 0.15) is 5.76 Å². The van der Waals surface area contributed by atoms with E-state index in [1.165, 1.54) is 0 Å². The number of amides is 1. The molecule has 1 amide bonds. The van der Waals surface area contributed by atoms with Crippen LogP contribution < -0.4 is 0 Å². The van der Waals surface area contributed by atoms with E-state index in [4.69, 9.17) is 14.1 Å². The molecule has 37 heavy (non-hydrogen) atoms. The van der Waals surface area contributed by atoms with Crippen molar-refractivity contribution in [1.29, 1.82) is 0 Å². The first kappa shape index (κ1) is 24.5. The molecule has 4 aromatic rings. The molecule has 188 valence electrons. The molecule has 1 aliphatic rings. The third kappa shape index (κ3) is 5.19. The van der Waals surface area contributed by atoms with Crippen molar-refractivity contribution in [1.82, 2.24) is 9.88 Å². The molecular weight excluding hydrogens is 464 g/mol. The number of rotatable bonds is 6. The van der Waals surface area contributed by atoms with Crippen molar-refractivity contribution in [2.24, 2.45) is 0 Å². The Bertz CT molecular complexity index is 1460. The number of hydrogen-bond donors (Lipinski definition) is 0. The van der Waals surface area contributed by atoms with Crippen LogP contribution in [0.3, 0.4) is 0 Å². The van der Waals surface area contributed by atoms with Crippen LogP contribution >= 0.6 is 0 Å². The van der Waals surface area contributed by atoms with E-state index in [0.717, 1.165) is 40.0 Å². The number of nitrogens with zero attached hydrogens (tertiary/aromatic N) is 2. The molecule has 0 fully saturated rings. The summed E-state index contributed by atoms with van der Waals surface area (Å²) in [4.78, 5) is 33.4. The Kier molecular flexibility index (Phi) is 6.66. The number of fused-ring (bicyclic) bond motifs is 2. The smallest absolute Gasteiger partial charge is 0.339 e. The Morgan fingerprint density at radius 2 is 1.76 bits per heavy atom. The standard InChI is InChI=1S/C31H30N2O4/c1-31(2,3)33(19-21-10-5-4-6-11-21)27(34)20-37-30(35)28-24-13-7-8-14-26(24)32-29-22(15-16-25(28)29)18-23-12-9-17-36-23/h4-14,17-18H,15-16,19-20H2,1-3H3. The van der Waals surface area contributed by atoms with Gasteiger partial charge in [0.05, 0.1) is 23.0 Å². The molecule has 0 atom stereocenters. The van der Waals surface area contributed by atoms with Crippen LogP contribution in [-0.2, 0) is 22.5 Å². The van der Waals surface area contributed by atoms with Crippen LogP contribution in [0.5, 0.6) is 0 Å². The van der Waals surface area contributed by atoms with Crippen LogP contribution in [-0.4, -0.2) is 33.9 Å². The normalized spacial score (nSPS) is 14.1. The number of furan rings is 1. The number of ether oxygens (including phenoxy) is 1. The summed E-state index contributed by atoms with van der Waals surface area (Å²) in [5.74, 6) is 0.00218. The van der Waals surface area contributed by atoms with E-state index in [1.54, 1.807) is 11.2 Å². The van der Waals surface area contributed by atoms with Crippen LogP contribution in [0.1, 0.15) is 60.1 Å². The lowest BCUT2D eigenvalue weighted by molar-refractivity contribution is -0.140. The van der Waals surface area contributed by atoms with E-state index in [1.807, 2.05) is 93.6 Å². The molecule has 2 heterocycles. The number of benzene rings is 2. The highest BCUT2D eigenvalue weighted by atomic mass is 16.5. The maximum Gasteiger partial charge on any atom is 0.339 e. The molecule has 1 aliphatic carbocycles. The Labute approximate surface area is 216 Å². The van der Waals surface area contributed by atoms with Gasteiger partial charge in [-0.05, 0) is 74.6 Å². The summed E-state index contributed by atoms with van der Waals surface area (Å²) in [6.45, 7) is 6.04. The molecule has 6 nitrogen and oxygen atoms in total. The summed E-state index contributed by atoms with van der Waals surface area (Å²) < 4.78 is 11.2. The molecule has 0 saturated heterocycles. The Balaban J connectivity index is 1.42. The molecule has 2 aromatic carbocycles. The van der Waals surface area contributed by atoms with Gasteiger partial charge in [0.2, 0.25) is 0 Å². The minimum Gasteiger partial charge on any atom is -0.465 e. The van der Waals surface area contributed by atoms with Crippen molar-refractivity contribution in [2.45, 2.75) is 45.7 Å². The first-order chi connectivity index (χ1) is 17.8. The molecule has 0 N–H and O–H groups in total. The van der Waals surface area contributed by atoms with Crippen molar-refractivity contribution in [3.8, 4) is 0 Å². The second-order valence-electron chi connectivity index (χ2n) is 10.2. The molecular formula is C31H30N2O4. The van der Waals surface area contributed by atoms with Gasteiger partial charge in [-0.3, -0.25) is 4.79 Å². The van der Waals surface area contributed by atoms with E-state index in [2.05, 4.69) is 0 Å². The number of pyridine rings is 1. The highest BCUT2D eigenvalue weighted by molar-refractivity contribution is 6.07. The van der Waals surface area contributed by atoms with Gasteiger partial charge < -0.3 is 14.1 Å². The van der Waals surface area contributed by atoms with E-state index >= 15 is 0 Å². The summed E-state index contributed by atoms with van der Waals surface area (Å²) >= 11 is 0. The van der Waals surface area contributed by atoms with E-state index in [9.17, 15) is 9.59 Å². The summed E-state index contributed by atoms with van der Waals surface area (Å²) in [6.07, 6.45) is 5.01. The first-order valence-electron chi connectivity index (χ1n) is 12.5. The van der Waals surface area contributed by atoms with Gasteiger partial charge in [0, 0.05) is 17.5 Å². The lowest BCUT2D eigenvalue weighted by Gasteiger charge is -2.35. The molecule has 0 spiro atoms. The monoisotopic (exact) mass is 494 g/mol. The van der Waals surface area contributed by atoms with E-state index in [-0.39, 0.29) is 12.5 Å². The fraction of sp³-hybridized carbons (Fsp3) is 0.258. The third-order valence-electron chi connectivity index (χ3n) is 6.63. The van der Waals surface area contributed by atoms with Gasteiger partial charge in [0.25, 0.3) is 5.91 Å². The summed E-state index contributed by atoms with van der Waals surface area (Å²) in [5.41, 5.74) is 4.44. The predicted molar refractivity (Wildman–Crippen MR) is 144 cm³/mol. The minimum absolute atomic E-state index is 0.238. The van der Waals surface area contributed by atoms with Crippen LogP contribution in [0.4, 0.5) is 0 Å². The zero-order chi connectivity index (χ0) is 26.0. The van der Waals surface area contributed by atoms with Gasteiger partial charge in [-0.2, -0.15) is 0 Å². The number of hydrogen-bond acceptors (Lipinski definition) is 5. The highest BCUT2D eigenvalue weighted by Crippen LogP contribution is 2.38. The topological polar surface area (TPSA) is 72.6 Å². The number of aromatic nitrogens is 1. The van der Waals surface area contributed by atoms with Crippen molar-refractivity contribution in [3.05, 3.63) is 101 Å². The van der Waals surface area contributed by atoms with Crippen LogP contribution in [0.2, 0.25) is 0 Å². The first-order valence-corrected chi connectivity index (χ1v) is 12.5. The number of carbonyl (C=O) groups is 2. The largest absolute Gasteiger partial charge is 0.465 e. The van der Waals surface area contributed by atoms with Crippen molar-refractivity contribution in [3.63, 3.8) is 0 Å². The lowest BCUT2D eigenvalue weighted by Crippen LogP contribution is -2.46. The SMILES string of the molecule is CC(C)(C)N(Cc1ccccc1)C(=O)COC(=O)c1c2c(nc3ccccc13)C(=Cc1ccco1)CC2. The van der Waals surface area contributed by atoms with Gasteiger partial charge in [-0.25, -0.2) is 9.78 Å². The maximum atomic E-state index is 13.5. The molecule has 0 radical (unpaired) electrons. The Morgan fingerprint density at radius 1 is 1.00 bits per heavy atom. The minimum atomic E-state index is -0.504. The quantitative estimate of drug-likeness (QED) is 0.294. The zero-order valence-corrected chi connectivity index (χ0v) is 21.4. The van der Waals surface area contributed by atoms with E-state index in [0.29, 0.717) is 24.0 Å². The fourth-order valence-electron chi connectivity index (χ4n) is 4.80. The van der Waals surface area contributed by atoms with Crippen LogP contribution in [0.15, 0.2) is 77.4 Å². The summed E-state index contributed by atoms with van der Waals surface area (Å²) in [5, 5.41) is 0.731. The second-order valence-corrected chi connectivity index (χ2v) is 10.2. The van der Waals surface area contributed by atoms with Gasteiger partial charge in [-0.1, -0.05) is 48.5 Å². The summed E-state index contributed by atoms with van der Waals surface area (Å²) in [7, 11) is 0. The molecule has 0 bridgehead atoms. The molecule has 0 unspecified atom stereocenters. The zero-order valence-electron chi connectivity index (χ0n) is 21.4.